The first-order valence-corrected chi connectivity index (χ1v) is 10.8. The van der Waals surface area contributed by atoms with Crippen LogP contribution in [-0.4, -0.2) is 46.2 Å². The summed E-state index contributed by atoms with van der Waals surface area (Å²) in [5.74, 6) is 0.732. The number of thioether (sulfide) groups is 1. The van der Waals surface area contributed by atoms with E-state index in [2.05, 4.69) is 19.9 Å². The summed E-state index contributed by atoms with van der Waals surface area (Å²) in [6, 6.07) is 0.267. The van der Waals surface area contributed by atoms with Crippen molar-refractivity contribution in [2.45, 2.75) is 60.9 Å². The molecule has 0 aromatic carbocycles. The van der Waals surface area contributed by atoms with Crippen LogP contribution in [0.25, 0.3) is 0 Å². The van der Waals surface area contributed by atoms with Gasteiger partial charge in [-0.05, 0) is 37.5 Å². The molecule has 1 aromatic rings. The second-order valence-electron chi connectivity index (χ2n) is 8.01. The molecule has 1 saturated carbocycles. The molecule has 2 fully saturated rings. The number of hydrogen-bond donors (Lipinski definition) is 2. The standard InChI is InChI=1S/C19H25F3N6S/c20-19(21,22)15-12(3-2-8-25-15)29-13-11-26-17(27-16(13)24)28-9-6-18(7-10-28)5-1-4-14(18)23/h2,8,11-12,14H,1,3-7,9-10,23H2,(H2,24,26,27)/t12?,14-/m1/s1. The molecule has 1 unspecified atom stereocenters. The molecule has 4 rings (SSSR count). The van der Waals surface area contributed by atoms with Gasteiger partial charge in [-0.25, -0.2) is 4.98 Å². The summed E-state index contributed by atoms with van der Waals surface area (Å²) in [5, 5.41) is -0.851. The first-order chi connectivity index (χ1) is 13.8. The van der Waals surface area contributed by atoms with Gasteiger partial charge in [0.1, 0.15) is 11.5 Å². The highest BCUT2D eigenvalue weighted by molar-refractivity contribution is 8.00. The molecule has 29 heavy (non-hydrogen) atoms. The van der Waals surface area contributed by atoms with E-state index in [4.69, 9.17) is 11.5 Å². The number of halogens is 3. The Morgan fingerprint density at radius 3 is 2.59 bits per heavy atom. The van der Waals surface area contributed by atoms with E-state index in [-0.39, 0.29) is 23.7 Å². The summed E-state index contributed by atoms with van der Waals surface area (Å²) in [6.45, 7) is 1.63. The number of nitrogens with zero attached hydrogens (tertiary/aromatic N) is 4. The van der Waals surface area contributed by atoms with Crippen molar-refractivity contribution in [3.8, 4) is 0 Å². The van der Waals surface area contributed by atoms with Crippen LogP contribution in [0.4, 0.5) is 24.9 Å². The van der Waals surface area contributed by atoms with E-state index >= 15 is 0 Å². The van der Waals surface area contributed by atoms with Gasteiger partial charge in [-0.3, -0.25) is 4.99 Å². The molecule has 6 nitrogen and oxygen atoms in total. The Kier molecular flexibility index (Phi) is 5.50. The van der Waals surface area contributed by atoms with Gasteiger partial charge in [0.25, 0.3) is 0 Å². The molecule has 2 atom stereocenters. The van der Waals surface area contributed by atoms with Crippen molar-refractivity contribution in [1.82, 2.24) is 9.97 Å². The highest BCUT2D eigenvalue weighted by atomic mass is 32.2. The van der Waals surface area contributed by atoms with Crippen LogP contribution in [0.1, 0.15) is 38.5 Å². The molecular weight excluding hydrogens is 401 g/mol. The highest BCUT2D eigenvalue weighted by Crippen LogP contribution is 2.46. The lowest BCUT2D eigenvalue weighted by Gasteiger charge is -2.42. The normalized spacial score (nSPS) is 26.8. The third-order valence-corrected chi connectivity index (χ3v) is 7.59. The quantitative estimate of drug-likeness (QED) is 0.768. The zero-order valence-electron chi connectivity index (χ0n) is 16.0. The lowest BCUT2D eigenvalue weighted by atomic mass is 9.74. The minimum absolute atomic E-state index is 0.203. The third-order valence-electron chi connectivity index (χ3n) is 6.32. The molecule has 10 heteroatoms. The fourth-order valence-corrected chi connectivity index (χ4v) is 5.68. The number of rotatable bonds is 3. The van der Waals surface area contributed by atoms with Crippen molar-refractivity contribution in [2.24, 2.45) is 16.1 Å². The predicted octanol–water partition coefficient (Wildman–Crippen LogP) is 3.54. The van der Waals surface area contributed by atoms with Gasteiger partial charge in [0.2, 0.25) is 5.95 Å². The van der Waals surface area contributed by atoms with Gasteiger partial charge in [-0.2, -0.15) is 18.2 Å². The Morgan fingerprint density at radius 1 is 1.21 bits per heavy atom. The van der Waals surface area contributed by atoms with Gasteiger partial charge in [0.15, 0.2) is 0 Å². The maximum absolute atomic E-state index is 13.2. The summed E-state index contributed by atoms with van der Waals surface area (Å²) in [5.41, 5.74) is 11.8. The fourth-order valence-electron chi connectivity index (χ4n) is 4.58. The molecule has 0 bridgehead atoms. The van der Waals surface area contributed by atoms with Gasteiger partial charge < -0.3 is 16.4 Å². The highest BCUT2D eigenvalue weighted by Gasteiger charge is 2.43. The lowest BCUT2D eigenvalue weighted by molar-refractivity contribution is -0.0602. The maximum atomic E-state index is 13.2. The van der Waals surface area contributed by atoms with Crippen molar-refractivity contribution in [1.29, 1.82) is 0 Å². The maximum Gasteiger partial charge on any atom is 0.430 e. The van der Waals surface area contributed by atoms with Crippen LogP contribution in [0.5, 0.6) is 0 Å². The molecule has 2 aliphatic heterocycles. The number of nitrogen functional groups attached to an aromatic ring is 1. The number of aromatic nitrogens is 2. The van der Waals surface area contributed by atoms with Crippen LogP contribution >= 0.6 is 11.8 Å². The predicted molar refractivity (Wildman–Crippen MR) is 109 cm³/mol. The molecule has 1 aromatic heterocycles. The Balaban J connectivity index is 1.44. The van der Waals surface area contributed by atoms with Crippen LogP contribution in [-0.2, 0) is 0 Å². The molecular formula is C19H25F3N6S. The monoisotopic (exact) mass is 426 g/mol. The van der Waals surface area contributed by atoms with E-state index in [9.17, 15) is 13.2 Å². The lowest BCUT2D eigenvalue weighted by Crippen LogP contribution is -2.47. The van der Waals surface area contributed by atoms with Crippen molar-refractivity contribution < 1.29 is 13.2 Å². The molecule has 4 N–H and O–H groups in total. The average molecular weight is 427 g/mol. The molecule has 0 radical (unpaired) electrons. The van der Waals surface area contributed by atoms with Crippen molar-refractivity contribution in [3.63, 3.8) is 0 Å². The van der Waals surface area contributed by atoms with E-state index in [1.807, 2.05) is 0 Å². The summed E-state index contributed by atoms with van der Waals surface area (Å²) in [4.78, 5) is 14.8. The Hall–Kier alpha value is -1.81. The molecule has 1 aliphatic carbocycles. The molecule has 158 valence electrons. The zero-order chi connectivity index (χ0) is 20.6. The molecule has 1 spiro atoms. The van der Waals surface area contributed by atoms with Gasteiger partial charge >= 0.3 is 6.18 Å². The number of alkyl halides is 3. The van der Waals surface area contributed by atoms with Crippen molar-refractivity contribution in [3.05, 3.63) is 18.5 Å². The van der Waals surface area contributed by atoms with E-state index in [0.717, 1.165) is 44.1 Å². The van der Waals surface area contributed by atoms with Crippen LogP contribution < -0.4 is 16.4 Å². The molecule has 1 saturated heterocycles. The Labute approximate surface area is 172 Å². The average Bonchev–Trinajstić information content (AvgIpc) is 3.03. The fraction of sp³-hybridized carbons (Fsp3) is 0.632. The minimum Gasteiger partial charge on any atom is -0.383 e. The summed E-state index contributed by atoms with van der Waals surface area (Å²) in [6.07, 6.45) is 5.59. The van der Waals surface area contributed by atoms with Crippen LogP contribution in [0, 0.1) is 5.41 Å². The van der Waals surface area contributed by atoms with Crippen molar-refractivity contribution >= 4 is 29.2 Å². The second kappa shape index (κ2) is 7.79. The summed E-state index contributed by atoms with van der Waals surface area (Å²) in [7, 11) is 0. The number of piperidine rings is 1. The first kappa shape index (κ1) is 20.5. The van der Waals surface area contributed by atoms with E-state index in [1.54, 1.807) is 6.08 Å². The van der Waals surface area contributed by atoms with Gasteiger partial charge in [0.05, 0.1) is 10.1 Å². The van der Waals surface area contributed by atoms with Gasteiger partial charge in [-0.15, -0.1) is 11.8 Å². The smallest absolute Gasteiger partial charge is 0.383 e. The van der Waals surface area contributed by atoms with Crippen LogP contribution in [0.15, 0.2) is 28.4 Å². The van der Waals surface area contributed by atoms with E-state index < -0.39 is 17.1 Å². The van der Waals surface area contributed by atoms with E-state index in [0.29, 0.717) is 10.8 Å². The van der Waals surface area contributed by atoms with Gasteiger partial charge in [-0.1, -0.05) is 12.5 Å². The SMILES string of the molecule is Nc1nc(N2CCC3(CCC[C@H]3N)CC2)ncc1SC1CC=CN=C1C(F)(F)F. The third kappa shape index (κ3) is 4.09. The van der Waals surface area contributed by atoms with Crippen molar-refractivity contribution in [2.75, 3.05) is 23.7 Å². The molecule has 3 heterocycles. The van der Waals surface area contributed by atoms with Crippen LogP contribution in [0.2, 0.25) is 0 Å². The number of allylic oxidation sites excluding steroid dienone is 1. The number of aliphatic imine (C=N–C) groups is 1. The Bertz CT molecular complexity index is 817. The van der Waals surface area contributed by atoms with Gasteiger partial charge in [0, 0.05) is 31.5 Å². The molecule has 0 amide bonds. The second-order valence-corrected chi connectivity index (χ2v) is 9.25. The topological polar surface area (TPSA) is 93.4 Å². The summed E-state index contributed by atoms with van der Waals surface area (Å²) >= 11 is 1.01. The zero-order valence-corrected chi connectivity index (χ0v) is 16.8. The largest absolute Gasteiger partial charge is 0.430 e. The molecule has 3 aliphatic rings. The Morgan fingerprint density at radius 2 is 1.97 bits per heavy atom. The number of nitrogens with two attached hydrogens (primary N) is 2. The number of hydrogen-bond acceptors (Lipinski definition) is 7. The van der Waals surface area contributed by atoms with Crippen LogP contribution in [0.3, 0.4) is 0 Å². The summed E-state index contributed by atoms with van der Waals surface area (Å²) < 4.78 is 39.6. The number of anilines is 2. The van der Waals surface area contributed by atoms with E-state index in [1.165, 1.54) is 25.2 Å². The first-order valence-electron chi connectivity index (χ1n) is 9.88. The minimum atomic E-state index is -4.47.